The Labute approximate surface area is 199 Å². The molecule has 0 spiro atoms. The Kier molecular flexibility index (Phi) is 6.73. The lowest BCUT2D eigenvalue weighted by atomic mass is 9.88. The smallest absolute Gasteiger partial charge is 0.329 e. The molecule has 2 aromatic carbocycles. The van der Waals surface area contributed by atoms with Gasteiger partial charge in [0.25, 0.3) is 10.0 Å². The van der Waals surface area contributed by atoms with Crippen LogP contribution < -0.4 is 10.0 Å². The summed E-state index contributed by atoms with van der Waals surface area (Å²) in [5.74, 6) is -0.0421. The molecule has 0 fully saturated rings. The lowest BCUT2D eigenvalue weighted by Crippen LogP contribution is -2.40. The molecular weight excluding hydrogens is 492 g/mol. The van der Waals surface area contributed by atoms with E-state index in [1.54, 1.807) is 24.3 Å². The van der Waals surface area contributed by atoms with E-state index in [4.69, 9.17) is 27.7 Å². The fourth-order valence-electron chi connectivity index (χ4n) is 3.53. The number of urea groups is 1. The number of rotatable bonds is 5. The highest BCUT2D eigenvalue weighted by Gasteiger charge is 2.27. The number of halogens is 3. The summed E-state index contributed by atoms with van der Waals surface area (Å²) in [6, 6.07) is 11.2. The van der Waals surface area contributed by atoms with Crippen LogP contribution in [0.4, 0.5) is 9.18 Å². The van der Waals surface area contributed by atoms with Crippen LogP contribution in [0.1, 0.15) is 24.2 Å². The van der Waals surface area contributed by atoms with Crippen molar-refractivity contribution in [1.82, 2.24) is 15.2 Å². The molecule has 2 amide bonds. The molecular formula is C22H18Cl2FN3O4S. The van der Waals surface area contributed by atoms with Gasteiger partial charge in [0.2, 0.25) is 0 Å². The fourth-order valence-corrected chi connectivity index (χ4v) is 4.71. The molecule has 0 unspecified atom stereocenters. The van der Waals surface area contributed by atoms with Crippen LogP contribution in [0.15, 0.2) is 63.8 Å². The largest absolute Gasteiger partial charge is 0.360 e. The molecule has 1 aliphatic carbocycles. The van der Waals surface area contributed by atoms with Crippen LogP contribution in [-0.4, -0.2) is 26.2 Å². The topological polar surface area (TPSA) is 101 Å². The second-order valence-electron chi connectivity index (χ2n) is 7.32. The number of allylic oxidation sites excluding steroid dienone is 1. The molecule has 0 atom stereocenters. The first kappa shape index (κ1) is 23.3. The highest BCUT2D eigenvalue weighted by atomic mass is 35.5. The lowest BCUT2D eigenvalue weighted by Gasteiger charge is -2.16. The molecule has 33 heavy (non-hydrogen) atoms. The van der Waals surface area contributed by atoms with Gasteiger partial charge < -0.3 is 9.84 Å². The number of benzene rings is 2. The zero-order valence-corrected chi connectivity index (χ0v) is 19.4. The Bertz CT molecular complexity index is 1320. The molecule has 0 saturated carbocycles. The zero-order chi connectivity index (χ0) is 23.6. The molecule has 0 radical (unpaired) electrons. The third-order valence-electron chi connectivity index (χ3n) is 5.10. The normalized spacial score (nSPS) is 15.0. The third-order valence-corrected chi connectivity index (χ3v) is 6.95. The molecule has 3 aromatic rings. The van der Waals surface area contributed by atoms with Gasteiger partial charge in [0, 0.05) is 22.0 Å². The third kappa shape index (κ3) is 5.21. The molecule has 4 rings (SSSR count). The van der Waals surface area contributed by atoms with Gasteiger partial charge in [-0.15, -0.1) is 0 Å². The molecule has 0 aliphatic heterocycles. The first-order chi connectivity index (χ1) is 15.7. The molecule has 7 nitrogen and oxygen atoms in total. The minimum atomic E-state index is -4.13. The van der Waals surface area contributed by atoms with E-state index in [0.717, 1.165) is 5.56 Å². The zero-order valence-electron chi connectivity index (χ0n) is 17.1. The maximum Gasteiger partial charge on any atom is 0.329 e. The summed E-state index contributed by atoms with van der Waals surface area (Å²) < 4.78 is 47.0. The average molecular weight is 510 g/mol. The van der Waals surface area contributed by atoms with E-state index in [2.05, 4.69) is 10.5 Å². The van der Waals surface area contributed by atoms with Gasteiger partial charge in [-0.05, 0) is 54.8 Å². The first-order valence-corrected chi connectivity index (χ1v) is 12.2. The highest BCUT2D eigenvalue weighted by molar-refractivity contribution is 7.90. The van der Waals surface area contributed by atoms with Gasteiger partial charge in [0.05, 0.1) is 17.0 Å². The van der Waals surface area contributed by atoms with Crippen LogP contribution in [0, 0.1) is 0 Å². The minimum Gasteiger partial charge on any atom is -0.360 e. The van der Waals surface area contributed by atoms with E-state index in [1.165, 1.54) is 24.3 Å². The number of fused-ring (bicyclic) bond motifs is 1. The van der Waals surface area contributed by atoms with Crippen molar-refractivity contribution in [1.29, 1.82) is 0 Å². The predicted molar refractivity (Wildman–Crippen MR) is 123 cm³/mol. The maximum atomic E-state index is 15.1. The van der Waals surface area contributed by atoms with Crippen molar-refractivity contribution in [3.8, 4) is 11.3 Å². The lowest BCUT2D eigenvalue weighted by molar-refractivity contribution is 0.246. The molecule has 1 heterocycles. The molecule has 2 N–H and O–H groups in total. The van der Waals surface area contributed by atoms with Gasteiger partial charge in [-0.25, -0.2) is 22.3 Å². The number of sulfonamides is 1. The fraction of sp³-hybridized carbons (Fsp3) is 0.182. The quantitative estimate of drug-likeness (QED) is 0.482. The van der Waals surface area contributed by atoms with Crippen molar-refractivity contribution in [3.05, 3.63) is 75.7 Å². The molecule has 1 aliphatic rings. The van der Waals surface area contributed by atoms with E-state index >= 15 is 4.39 Å². The van der Waals surface area contributed by atoms with E-state index in [1.807, 2.05) is 4.72 Å². The highest BCUT2D eigenvalue weighted by Crippen LogP contribution is 2.40. The van der Waals surface area contributed by atoms with Crippen LogP contribution in [0.25, 0.3) is 16.8 Å². The van der Waals surface area contributed by atoms with Gasteiger partial charge in [-0.1, -0.05) is 40.5 Å². The van der Waals surface area contributed by atoms with Crippen molar-refractivity contribution < 1.29 is 22.1 Å². The number of carbonyl (C=O) groups is 1. The number of hydrogen-bond donors (Lipinski definition) is 2. The van der Waals surface area contributed by atoms with Crippen LogP contribution in [0.5, 0.6) is 0 Å². The maximum absolute atomic E-state index is 15.1. The Morgan fingerprint density at radius 3 is 2.33 bits per heavy atom. The summed E-state index contributed by atoms with van der Waals surface area (Å²) in [4.78, 5) is 12.0. The summed E-state index contributed by atoms with van der Waals surface area (Å²) in [6.45, 7) is -0.498. The standard InChI is InChI=1S/C22H18Cl2FN3O4S/c23-14-6-4-13(5-7-14)21-20-17(2-1-3-19(20)32-27-21)18(25)12-26-22(29)28-33(30,31)16-10-8-15(24)9-11-16/h4-11H,1-3,12H2,(H2,26,28,29)/b18-17-. The van der Waals surface area contributed by atoms with Crippen LogP contribution >= 0.6 is 23.2 Å². The summed E-state index contributed by atoms with van der Waals surface area (Å²) in [6.07, 6.45) is 1.69. The monoisotopic (exact) mass is 509 g/mol. The molecule has 0 saturated heterocycles. The second-order valence-corrected chi connectivity index (χ2v) is 9.87. The van der Waals surface area contributed by atoms with Gasteiger partial charge in [0.1, 0.15) is 17.3 Å². The van der Waals surface area contributed by atoms with Gasteiger partial charge in [0.15, 0.2) is 0 Å². The Morgan fingerprint density at radius 1 is 1.03 bits per heavy atom. The first-order valence-electron chi connectivity index (χ1n) is 9.93. The summed E-state index contributed by atoms with van der Waals surface area (Å²) >= 11 is 11.7. The SMILES string of the molecule is O=C(NC/C(F)=C1\CCCc2onc(-c3ccc(Cl)cc3)c21)NS(=O)(=O)c1ccc(Cl)cc1. The van der Waals surface area contributed by atoms with Crippen LogP contribution in [-0.2, 0) is 16.4 Å². The predicted octanol–water partition coefficient (Wildman–Crippen LogP) is 5.35. The summed E-state index contributed by atoms with van der Waals surface area (Å²) in [5, 5.41) is 7.27. The van der Waals surface area contributed by atoms with Crippen LogP contribution in [0.2, 0.25) is 10.0 Å². The van der Waals surface area contributed by atoms with Gasteiger partial charge >= 0.3 is 6.03 Å². The summed E-state index contributed by atoms with van der Waals surface area (Å²) in [5.41, 5.74) is 2.12. The second kappa shape index (κ2) is 9.54. The number of hydrogen-bond acceptors (Lipinski definition) is 5. The van der Waals surface area contributed by atoms with Crippen molar-refractivity contribution >= 4 is 44.8 Å². The minimum absolute atomic E-state index is 0.144. The van der Waals surface area contributed by atoms with E-state index < -0.39 is 28.4 Å². The summed E-state index contributed by atoms with van der Waals surface area (Å²) in [7, 11) is -4.13. The Balaban J connectivity index is 1.51. The number of carbonyl (C=O) groups excluding carboxylic acids is 1. The van der Waals surface area contributed by atoms with E-state index in [0.29, 0.717) is 51.9 Å². The van der Waals surface area contributed by atoms with Gasteiger partial charge in [-0.3, -0.25) is 0 Å². The van der Waals surface area contributed by atoms with Gasteiger partial charge in [-0.2, -0.15) is 0 Å². The number of nitrogens with one attached hydrogen (secondary N) is 2. The molecule has 1 aromatic heterocycles. The van der Waals surface area contributed by atoms with Crippen molar-refractivity contribution in [2.45, 2.75) is 24.2 Å². The van der Waals surface area contributed by atoms with E-state index in [9.17, 15) is 13.2 Å². The number of aromatic nitrogens is 1. The molecule has 172 valence electrons. The number of aryl methyl sites for hydroxylation is 1. The number of amides is 2. The number of nitrogens with zero attached hydrogens (tertiary/aromatic N) is 1. The Morgan fingerprint density at radius 2 is 1.67 bits per heavy atom. The van der Waals surface area contributed by atoms with Crippen LogP contribution in [0.3, 0.4) is 0 Å². The van der Waals surface area contributed by atoms with Crippen molar-refractivity contribution in [3.63, 3.8) is 0 Å². The average Bonchev–Trinajstić information content (AvgIpc) is 3.22. The Hall–Kier alpha value is -2.88. The molecule has 11 heteroatoms. The van der Waals surface area contributed by atoms with E-state index in [-0.39, 0.29) is 4.90 Å². The van der Waals surface area contributed by atoms with Crippen molar-refractivity contribution in [2.75, 3.05) is 6.54 Å². The van der Waals surface area contributed by atoms with Crippen molar-refractivity contribution in [2.24, 2.45) is 0 Å². The molecule has 0 bridgehead atoms.